The van der Waals surface area contributed by atoms with E-state index in [0.717, 1.165) is 31.2 Å². The molecule has 6 nitrogen and oxygen atoms in total. The Morgan fingerprint density at radius 3 is 2.29 bits per heavy atom. The van der Waals surface area contributed by atoms with Crippen LogP contribution in [0, 0.1) is 17.8 Å². The van der Waals surface area contributed by atoms with E-state index in [9.17, 15) is 26.3 Å². The lowest BCUT2D eigenvalue weighted by molar-refractivity contribution is -0.141. The minimum atomic E-state index is -4.59. The van der Waals surface area contributed by atoms with Crippen molar-refractivity contribution < 1.29 is 26.3 Å². The molecule has 3 saturated carbocycles. The zero-order chi connectivity index (χ0) is 24.1. The zero-order valence-corrected chi connectivity index (χ0v) is 17.7. The number of nitrogens with one attached hydrogen (secondary N) is 2. The van der Waals surface area contributed by atoms with Crippen LogP contribution in [0.2, 0.25) is 0 Å². The first-order chi connectivity index (χ1) is 15.9. The number of anilines is 1. The van der Waals surface area contributed by atoms with Gasteiger partial charge in [0.05, 0.1) is 11.4 Å². The Bertz CT molecular complexity index is 1230. The fraction of sp³-hybridized carbons (Fsp3) is 0.455. The number of fused-ring (bicyclic) bond motifs is 1. The van der Waals surface area contributed by atoms with Crippen molar-refractivity contribution in [3.8, 4) is 0 Å². The maximum atomic E-state index is 13.2. The molecular weight excluding hydrogens is 462 g/mol. The second kappa shape index (κ2) is 6.48. The number of hydrogen-bond donors (Lipinski definition) is 2. The summed E-state index contributed by atoms with van der Waals surface area (Å²) in [7, 11) is 0. The van der Waals surface area contributed by atoms with E-state index < -0.39 is 29.4 Å². The standard InChI is InChI=1S/C22H18F6N6/c1-19(6-7-19)33-18-31-17(11-3-2-4-12(30-11)21(23,24)25)14-15-16(14)20(15,34-18)32-10-5-8-29-13(9-10)22(26,27)28/h2-5,8-9,14-16H,6-7H2,1H3,(H,29,32)(H,33,34). The van der Waals surface area contributed by atoms with Gasteiger partial charge in [-0.2, -0.15) is 26.3 Å². The molecule has 2 bridgehead atoms. The average Bonchev–Trinajstić information content (AvgIpc) is 3.66. The van der Waals surface area contributed by atoms with Crippen LogP contribution in [0.25, 0.3) is 0 Å². The van der Waals surface area contributed by atoms with E-state index >= 15 is 0 Å². The number of hydrogen-bond acceptors (Lipinski definition) is 6. The fourth-order valence-electron chi connectivity index (χ4n) is 4.74. The molecule has 0 radical (unpaired) electrons. The van der Waals surface area contributed by atoms with Crippen LogP contribution in [-0.2, 0) is 12.4 Å². The van der Waals surface area contributed by atoms with Gasteiger partial charge < -0.3 is 10.6 Å². The highest BCUT2D eigenvalue weighted by Crippen LogP contribution is 2.78. The summed E-state index contributed by atoms with van der Waals surface area (Å²) in [5, 5.41) is 6.37. The van der Waals surface area contributed by atoms with Crippen LogP contribution in [0.4, 0.5) is 32.0 Å². The number of rotatable bonds is 4. The minimum absolute atomic E-state index is 0.101. The SMILES string of the molecule is CC1(NC2=NC3(Nc4ccnc(C(F)(F)F)c4)C4C(C(c5cccc(C(F)(F)F)n5)=N2)C43)CC1. The summed E-state index contributed by atoms with van der Waals surface area (Å²) in [5.74, 6) is -0.130. The van der Waals surface area contributed by atoms with Crippen LogP contribution in [-0.4, -0.2) is 32.8 Å². The summed E-state index contributed by atoms with van der Waals surface area (Å²) in [6.45, 7) is 1.98. The van der Waals surface area contributed by atoms with Crippen LogP contribution in [0.3, 0.4) is 0 Å². The normalized spacial score (nSPS) is 30.4. The van der Waals surface area contributed by atoms with E-state index in [2.05, 4.69) is 25.6 Å². The summed E-state index contributed by atoms with van der Waals surface area (Å²) in [4.78, 5) is 16.5. The Labute approximate surface area is 189 Å². The van der Waals surface area contributed by atoms with Crippen molar-refractivity contribution in [1.29, 1.82) is 0 Å². The molecule has 0 saturated heterocycles. The van der Waals surface area contributed by atoms with Crippen LogP contribution >= 0.6 is 0 Å². The van der Waals surface area contributed by atoms with E-state index in [4.69, 9.17) is 4.99 Å². The molecule has 2 N–H and O–H groups in total. The first-order valence-corrected chi connectivity index (χ1v) is 10.7. The predicted octanol–water partition coefficient (Wildman–Crippen LogP) is 4.50. The average molecular weight is 480 g/mol. The molecule has 3 fully saturated rings. The molecule has 2 aromatic heterocycles. The van der Waals surface area contributed by atoms with Crippen molar-refractivity contribution in [3.63, 3.8) is 0 Å². The van der Waals surface area contributed by atoms with Gasteiger partial charge in [0, 0.05) is 35.2 Å². The van der Waals surface area contributed by atoms with Crippen LogP contribution in [0.5, 0.6) is 0 Å². The Morgan fingerprint density at radius 2 is 1.65 bits per heavy atom. The monoisotopic (exact) mass is 480 g/mol. The summed E-state index contributed by atoms with van der Waals surface area (Å²) in [6, 6.07) is 6.04. The van der Waals surface area contributed by atoms with Gasteiger partial charge in [-0.3, -0.25) is 4.98 Å². The highest BCUT2D eigenvalue weighted by molar-refractivity contribution is 6.12. The molecule has 0 amide bonds. The van der Waals surface area contributed by atoms with Crippen molar-refractivity contribution >= 4 is 17.4 Å². The highest BCUT2D eigenvalue weighted by atomic mass is 19.4. The van der Waals surface area contributed by atoms with Gasteiger partial charge in [-0.1, -0.05) is 6.07 Å². The van der Waals surface area contributed by atoms with E-state index in [1.165, 1.54) is 18.2 Å². The number of guanidine groups is 1. The molecule has 2 atom stereocenters. The Kier molecular flexibility index (Phi) is 4.07. The highest BCUT2D eigenvalue weighted by Gasteiger charge is 2.87. The third-order valence-electron chi connectivity index (χ3n) is 6.87. The summed E-state index contributed by atoms with van der Waals surface area (Å²) in [5.41, 5.74) is -2.36. The van der Waals surface area contributed by atoms with E-state index in [1.54, 1.807) is 0 Å². The number of nitrogens with zero attached hydrogens (tertiary/aromatic N) is 4. The van der Waals surface area contributed by atoms with Crippen molar-refractivity contribution in [2.45, 2.75) is 43.3 Å². The lowest BCUT2D eigenvalue weighted by Crippen LogP contribution is -2.37. The van der Waals surface area contributed by atoms with Crippen molar-refractivity contribution in [2.75, 3.05) is 5.32 Å². The first kappa shape index (κ1) is 21.4. The number of alkyl halides is 6. The van der Waals surface area contributed by atoms with Crippen molar-refractivity contribution in [3.05, 3.63) is 53.6 Å². The van der Waals surface area contributed by atoms with Crippen LogP contribution < -0.4 is 10.6 Å². The predicted molar refractivity (Wildman–Crippen MR) is 110 cm³/mol. The Morgan fingerprint density at radius 1 is 0.941 bits per heavy atom. The molecular formula is C22H18F6N6. The molecule has 34 heavy (non-hydrogen) atoms. The van der Waals surface area contributed by atoms with Gasteiger partial charge >= 0.3 is 12.4 Å². The maximum Gasteiger partial charge on any atom is 0.433 e. The first-order valence-electron chi connectivity index (χ1n) is 10.7. The molecule has 0 aromatic carbocycles. The van der Waals surface area contributed by atoms with E-state index in [0.29, 0.717) is 5.71 Å². The molecule has 2 aliphatic heterocycles. The molecule has 12 heteroatoms. The quantitative estimate of drug-likeness (QED) is 0.633. The third-order valence-corrected chi connectivity index (χ3v) is 6.87. The van der Waals surface area contributed by atoms with Crippen molar-refractivity contribution in [1.82, 2.24) is 15.3 Å². The zero-order valence-electron chi connectivity index (χ0n) is 17.7. The van der Waals surface area contributed by atoms with Gasteiger partial charge in [0.25, 0.3) is 0 Å². The molecule has 178 valence electrons. The Hall–Kier alpha value is -3.18. The van der Waals surface area contributed by atoms with Gasteiger partial charge in [0.2, 0.25) is 5.96 Å². The third kappa shape index (κ3) is 3.41. The van der Waals surface area contributed by atoms with Gasteiger partial charge in [-0.05, 0) is 44.0 Å². The number of pyridine rings is 2. The van der Waals surface area contributed by atoms with Crippen LogP contribution in [0.15, 0.2) is 46.5 Å². The lowest BCUT2D eigenvalue weighted by Gasteiger charge is -2.24. The van der Waals surface area contributed by atoms with E-state index in [-0.39, 0.29) is 40.6 Å². The topological polar surface area (TPSA) is 74.6 Å². The van der Waals surface area contributed by atoms with Gasteiger partial charge in [0.15, 0.2) is 0 Å². The summed E-state index contributed by atoms with van der Waals surface area (Å²) < 4.78 is 79.0. The minimum Gasteiger partial charge on any atom is -0.361 e. The smallest absolute Gasteiger partial charge is 0.361 e. The number of aromatic nitrogens is 2. The molecule has 2 aromatic rings. The second-order valence-electron chi connectivity index (χ2n) is 9.48. The van der Waals surface area contributed by atoms with Gasteiger partial charge in [0.1, 0.15) is 17.1 Å². The molecule has 0 spiro atoms. The maximum absolute atomic E-state index is 13.2. The van der Waals surface area contributed by atoms with Crippen molar-refractivity contribution in [2.24, 2.45) is 27.7 Å². The Balaban J connectivity index is 1.34. The number of halogens is 6. The summed E-state index contributed by atoms with van der Waals surface area (Å²) in [6.07, 6.45) is -6.33. The number of aliphatic imine (C=N–C) groups is 2. The van der Waals surface area contributed by atoms with E-state index in [1.807, 2.05) is 6.92 Å². The largest absolute Gasteiger partial charge is 0.433 e. The lowest BCUT2D eigenvalue weighted by atomic mass is 9.98. The molecule has 5 aliphatic rings. The fourth-order valence-corrected chi connectivity index (χ4v) is 4.74. The van der Waals surface area contributed by atoms with Gasteiger partial charge in [-0.15, -0.1) is 0 Å². The summed E-state index contributed by atoms with van der Waals surface area (Å²) >= 11 is 0. The van der Waals surface area contributed by atoms with Crippen LogP contribution in [0.1, 0.15) is 36.8 Å². The molecule has 2 unspecified atom stereocenters. The molecule has 7 rings (SSSR count). The van der Waals surface area contributed by atoms with Gasteiger partial charge in [-0.25, -0.2) is 15.0 Å². The molecule has 4 heterocycles. The second-order valence-corrected chi connectivity index (χ2v) is 9.48. The molecule has 3 aliphatic carbocycles.